The van der Waals surface area contributed by atoms with E-state index in [9.17, 15) is 0 Å². The Morgan fingerprint density at radius 2 is 2.00 bits per heavy atom. The lowest BCUT2D eigenvalue weighted by atomic mass is 9.73. The molecule has 0 saturated heterocycles. The Bertz CT molecular complexity index is 709. The van der Waals surface area contributed by atoms with Crippen molar-refractivity contribution >= 4 is 0 Å². The molecule has 2 aromatic rings. The molecule has 2 aliphatic rings. The Labute approximate surface area is 139 Å². The molecule has 1 N–H and O–H groups in total. The lowest BCUT2D eigenvalue weighted by Gasteiger charge is -2.39. The Morgan fingerprint density at radius 1 is 1.22 bits per heavy atom. The third-order valence-corrected chi connectivity index (χ3v) is 5.57. The van der Waals surface area contributed by atoms with Gasteiger partial charge in [0.15, 0.2) is 0 Å². The molecule has 0 amide bonds. The highest BCUT2D eigenvalue weighted by molar-refractivity contribution is 5.43. The molecule has 1 fully saturated rings. The van der Waals surface area contributed by atoms with Gasteiger partial charge in [-0.25, -0.2) is 4.68 Å². The fourth-order valence-corrected chi connectivity index (χ4v) is 4.06. The van der Waals surface area contributed by atoms with E-state index in [1.165, 1.54) is 48.2 Å². The third kappa shape index (κ3) is 2.72. The summed E-state index contributed by atoms with van der Waals surface area (Å²) in [6.07, 6.45) is 8.45. The lowest BCUT2D eigenvalue weighted by molar-refractivity contribution is 0.215. The number of nitrogens with zero attached hydrogens (tertiary/aromatic N) is 2. The first kappa shape index (κ1) is 14.9. The monoisotopic (exact) mass is 309 g/mol. The van der Waals surface area contributed by atoms with Crippen LogP contribution in [0.2, 0.25) is 0 Å². The standard InChI is InChI=1S/C20H27N3/c1-14-7-4-5-10-18(14)23-19-12-20(2,3)11-17(16(19)13-21-23)22-15-8-6-9-15/h4-5,7,10,13,15,17,22H,6,8-9,11-12H2,1-3H3/t17-/m1/s1. The second kappa shape index (κ2) is 5.48. The third-order valence-electron chi connectivity index (χ3n) is 5.57. The van der Waals surface area contributed by atoms with Gasteiger partial charge >= 0.3 is 0 Å². The van der Waals surface area contributed by atoms with Crippen LogP contribution in [0.5, 0.6) is 0 Å². The first-order valence-electron chi connectivity index (χ1n) is 8.92. The van der Waals surface area contributed by atoms with Gasteiger partial charge in [0.1, 0.15) is 0 Å². The van der Waals surface area contributed by atoms with E-state index in [4.69, 9.17) is 5.10 Å². The number of hydrogen-bond acceptors (Lipinski definition) is 2. The fourth-order valence-electron chi connectivity index (χ4n) is 4.06. The molecule has 0 spiro atoms. The molecule has 4 rings (SSSR count). The normalized spacial score (nSPS) is 23.3. The second-order valence-electron chi connectivity index (χ2n) is 8.14. The zero-order chi connectivity index (χ0) is 16.0. The van der Waals surface area contributed by atoms with Gasteiger partial charge in [-0.2, -0.15) is 5.10 Å². The van der Waals surface area contributed by atoms with Crippen LogP contribution in [-0.4, -0.2) is 15.8 Å². The van der Waals surface area contributed by atoms with Gasteiger partial charge < -0.3 is 5.32 Å². The molecular weight excluding hydrogens is 282 g/mol. The molecule has 2 aliphatic carbocycles. The van der Waals surface area contributed by atoms with Crippen LogP contribution in [0.25, 0.3) is 5.69 Å². The Hall–Kier alpha value is -1.61. The van der Waals surface area contributed by atoms with Crippen LogP contribution >= 0.6 is 0 Å². The molecule has 0 aliphatic heterocycles. The van der Waals surface area contributed by atoms with Crippen LogP contribution < -0.4 is 5.32 Å². The molecule has 122 valence electrons. The van der Waals surface area contributed by atoms with Crippen molar-refractivity contribution in [2.24, 2.45) is 5.41 Å². The van der Waals surface area contributed by atoms with Gasteiger partial charge in [0.25, 0.3) is 0 Å². The minimum absolute atomic E-state index is 0.314. The highest BCUT2D eigenvalue weighted by atomic mass is 15.3. The van der Waals surface area contributed by atoms with Crippen molar-refractivity contribution in [1.82, 2.24) is 15.1 Å². The SMILES string of the molecule is Cc1ccccc1-n1ncc2c1CC(C)(C)C[C@H]2NC1CCC1. The molecular formula is C20H27N3. The quantitative estimate of drug-likeness (QED) is 0.914. The largest absolute Gasteiger partial charge is 0.307 e. The molecule has 1 atom stereocenters. The number of aryl methyl sites for hydroxylation is 1. The van der Waals surface area contributed by atoms with E-state index in [1.807, 2.05) is 0 Å². The second-order valence-corrected chi connectivity index (χ2v) is 8.14. The van der Waals surface area contributed by atoms with Gasteiger partial charge in [-0.1, -0.05) is 38.5 Å². The Morgan fingerprint density at radius 3 is 2.70 bits per heavy atom. The van der Waals surface area contributed by atoms with Crippen molar-refractivity contribution in [2.45, 2.75) is 65.0 Å². The summed E-state index contributed by atoms with van der Waals surface area (Å²) in [4.78, 5) is 0. The fraction of sp³-hybridized carbons (Fsp3) is 0.550. The molecule has 1 saturated carbocycles. The van der Waals surface area contributed by atoms with Crippen LogP contribution in [0, 0.1) is 12.3 Å². The van der Waals surface area contributed by atoms with Gasteiger partial charge in [-0.15, -0.1) is 0 Å². The maximum Gasteiger partial charge on any atom is 0.0678 e. The zero-order valence-electron chi connectivity index (χ0n) is 14.5. The highest BCUT2D eigenvalue weighted by Gasteiger charge is 2.36. The molecule has 0 unspecified atom stereocenters. The summed E-state index contributed by atoms with van der Waals surface area (Å²) in [6, 6.07) is 9.72. The predicted octanol–water partition coefficient (Wildman–Crippen LogP) is 4.34. The number of rotatable bonds is 3. The van der Waals surface area contributed by atoms with E-state index >= 15 is 0 Å². The van der Waals surface area contributed by atoms with Crippen LogP contribution in [0.3, 0.4) is 0 Å². The van der Waals surface area contributed by atoms with E-state index in [0.29, 0.717) is 17.5 Å². The molecule has 1 aromatic heterocycles. The van der Waals surface area contributed by atoms with E-state index in [-0.39, 0.29) is 0 Å². The van der Waals surface area contributed by atoms with Gasteiger partial charge in [0.05, 0.1) is 11.9 Å². The van der Waals surface area contributed by atoms with Crippen molar-refractivity contribution in [2.75, 3.05) is 0 Å². The van der Waals surface area contributed by atoms with E-state index in [0.717, 1.165) is 6.42 Å². The van der Waals surface area contributed by atoms with E-state index in [2.05, 4.69) is 61.2 Å². The lowest BCUT2D eigenvalue weighted by Crippen LogP contribution is -2.42. The van der Waals surface area contributed by atoms with Gasteiger partial charge in [0.2, 0.25) is 0 Å². The van der Waals surface area contributed by atoms with Crippen molar-refractivity contribution in [1.29, 1.82) is 0 Å². The Balaban J connectivity index is 1.74. The number of para-hydroxylation sites is 1. The van der Waals surface area contributed by atoms with E-state index in [1.54, 1.807) is 0 Å². The molecule has 1 aromatic carbocycles. The number of hydrogen-bond donors (Lipinski definition) is 1. The van der Waals surface area contributed by atoms with Gasteiger partial charge in [-0.3, -0.25) is 0 Å². The van der Waals surface area contributed by atoms with Crippen molar-refractivity contribution < 1.29 is 0 Å². The summed E-state index contributed by atoms with van der Waals surface area (Å²) in [7, 11) is 0. The summed E-state index contributed by atoms with van der Waals surface area (Å²) in [5.41, 5.74) is 5.63. The number of aromatic nitrogens is 2. The summed E-state index contributed by atoms with van der Waals surface area (Å²) in [5, 5.41) is 8.67. The first-order chi connectivity index (χ1) is 11.0. The highest BCUT2D eigenvalue weighted by Crippen LogP contribution is 2.42. The van der Waals surface area contributed by atoms with Crippen molar-refractivity contribution in [3.8, 4) is 5.69 Å². The first-order valence-corrected chi connectivity index (χ1v) is 8.92. The minimum Gasteiger partial charge on any atom is -0.307 e. The van der Waals surface area contributed by atoms with Crippen LogP contribution in [0.4, 0.5) is 0 Å². The predicted molar refractivity (Wildman–Crippen MR) is 93.9 cm³/mol. The number of fused-ring (bicyclic) bond motifs is 1. The summed E-state index contributed by atoms with van der Waals surface area (Å²) in [6.45, 7) is 6.95. The molecule has 3 nitrogen and oxygen atoms in total. The minimum atomic E-state index is 0.314. The number of benzene rings is 1. The van der Waals surface area contributed by atoms with E-state index < -0.39 is 0 Å². The molecule has 1 heterocycles. The van der Waals surface area contributed by atoms with Crippen LogP contribution in [-0.2, 0) is 6.42 Å². The van der Waals surface area contributed by atoms with Crippen molar-refractivity contribution in [3.05, 3.63) is 47.3 Å². The summed E-state index contributed by atoms with van der Waals surface area (Å²) in [5.74, 6) is 0. The maximum absolute atomic E-state index is 4.77. The number of nitrogens with one attached hydrogen (secondary N) is 1. The summed E-state index contributed by atoms with van der Waals surface area (Å²) >= 11 is 0. The van der Waals surface area contributed by atoms with Gasteiger partial charge in [0, 0.05) is 23.3 Å². The molecule has 0 radical (unpaired) electrons. The Kier molecular flexibility index (Phi) is 3.56. The summed E-state index contributed by atoms with van der Waals surface area (Å²) < 4.78 is 2.18. The molecule has 23 heavy (non-hydrogen) atoms. The molecule has 3 heteroatoms. The average molecular weight is 309 g/mol. The van der Waals surface area contributed by atoms with Gasteiger partial charge in [-0.05, 0) is 49.7 Å². The molecule has 0 bridgehead atoms. The zero-order valence-corrected chi connectivity index (χ0v) is 14.5. The van der Waals surface area contributed by atoms with Crippen molar-refractivity contribution in [3.63, 3.8) is 0 Å². The van der Waals surface area contributed by atoms with Crippen LogP contribution in [0.1, 0.15) is 62.4 Å². The maximum atomic E-state index is 4.77. The topological polar surface area (TPSA) is 29.9 Å². The average Bonchev–Trinajstić information content (AvgIpc) is 2.85. The smallest absolute Gasteiger partial charge is 0.0678 e. The van der Waals surface area contributed by atoms with Crippen LogP contribution in [0.15, 0.2) is 30.5 Å².